The van der Waals surface area contributed by atoms with E-state index in [1.54, 1.807) is 18.7 Å². The number of rotatable bonds is 5. The molecule has 1 aliphatic rings. The Balaban J connectivity index is 2.54. The predicted molar refractivity (Wildman–Crippen MR) is 70.8 cm³/mol. The minimum Gasteiger partial charge on any atom is -0.480 e. The SMILES string of the molecule is CC(C)[C@@H](NC(=O)N1CCCC(CCO)C1)C(=O)O. The van der Waals surface area contributed by atoms with Gasteiger partial charge in [0.2, 0.25) is 0 Å². The molecular weight excluding hydrogens is 248 g/mol. The summed E-state index contributed by atoms with van der Waals surface area (Å²) in [6, 6.07) is -1.17. The number of aliphatic hydroxyl groups is 1. The average molecular weight is 272 g/mol. The van der Waals surface area contributed by atoms with Gasteiger partial charge in [-0.2, -0.15) is 0 Å². The van der Waals surface area contributed by atoms with Gasteiger partial charge in [-0.1, -0.05) is 13.8 Å². The molecule has 1 heterocycles. The van der Waals surface area contributed by atoms with Gasteiger partial charge in [-0.25, -0.2) is 9.59 Å². The van der Waals surface area contributed by atoms with Gasteiger partial charge in [0.1, 0.15) is 6.04 Å². The number of carboxylic acids is 1. The number of nitrogens with zero attached hydrogens (tertiary/aromatic N) is 1. The van der Waals surface area contributed by atoms with E-state index in [4.69, 9.17) is 10.2 Å². The Hall–Kier alpha value is -1.30. The zero-order valence-electron chi connectivity index (χ0n) is 11.6. The molecule has 6 heteroatoms. The number of hydrogen-bond donors (Lipinski definition) is 3. The van der Waals surface area contributed by atoms with Crippen molar-refractivity contribution >= 4 is 12.0 Å². The summed E-state index contributed by atoms with van der Waals surface area (Å²) in [4.78, 5) is 24.8. The number of carbonyl (C=O) groups is 2. The smallest absolute Gasteiger partial charge is 0.326 e. The highest BCUT2D eigenvalue weighted by atomic mass is 16.4. The minimum atomic E-state index is -1.01. The largest absolute Gasteiger partial charge is 0.480 e. The van der Waals surface area contributed by atoms with E-state index in [9.17, 15) is 9.59 Å². The number of hydrogen-bond acceptors (Lipinski definition) is 3. The van der Waals surface area contributed by atoms with Gasteiger partial charge >= 0.3 is 12.0 Å². The fourth-order valence-corrected chi connectivity index (χ4v) is 2.41. The predicted octanol–water partition coefficient (Wildman–Crippen LogP) is 0.900. The second kappa shape index (κ2) is 7.33. The van der Waals surface area contributed by atoms with E-state index >= 15 is 0 Å². The van der Waals surface area contributed by atoms with Gasteiger partial charge in [0.15, 0.2) is 0 Å². The Morgan fingerprint density at radius 2 is 2.11 bits per heavy atom. The van der Waals surface area contributed by atoms with Crippen LogP contribution in [0.2, 0.25) is 0 Å². The van der Waals surface area contributed by atoms with Crippen LogP contribution >= 0.6 is 0 Å². The van der Waals surface area contributed by atoms with Crippen molar-refractivity contribution in [3.8, 4) is 0 Å². The summed E-state index contributed by atoms with van der Waals surface area (Å²) in [5, 5.41) is 20.6. The van der Waals surface area contributed by atoms with E-state index in [2.05, 4.69) is 5.32 Å². The highest BCUT2D eigenvalue weighted by Crippen LogP contribution is 2.19. The molecule has 2 atom stereocenters. The fraction of sp³-hybridized carbons (Fsp3) is 0.846. The van der Waals surface area contributed by atoms with Crippen molar-refractivity contribution < 1.29 is 19.8 Å². The molecule has 0 aliphatic carbocycles. The van der Waals surface area contributed by atoms with E-state index in [1.807, 2.05) is 0 Å². The lowest BCUT2D eigenvalue weighted by Gasteiger charge is -2.33. The molecule has 2 amide bonds. The van der Waals surface area contributed by atoms with Crippen LogP contribution in [0.4, 0.5) is 4.79 Å². The monoisotopic (exact) mass is 272 g/mol. The quantitative estimate of drug-likeness (QED) is 0.693. The fourth-order valence-electron chi connectivity index (χ4n) is 2.41. The maximum Gasteiger partial charge on any atom is 0.326 e. The molecule has 1 aliphatic heterocycles. The van der Waals surface area contributed by atoms with Gasteiger partial charge in [0.05, 0.1) is 0 Å². The Kier molecular flexibility index (Phi) is 6.08. The normalized spacial score (nSPS) is 21.3. The third kappa shape index (κ3) is 4.70. The summed E-state index contributed by atoms with van der Waals surface area (Å²) in [5.41, 5.74) is 0. The molecule has 6 nitrogen and oxygen atoms in total. The summed E-state index contributed by atoms with van der Waals surface area (Å²) in [6.45, 7) is 4.91. The van der Waals surface area contributed by atoms with Crippen LogP contribution in [0.3, 0.4) is 0 Å². The molecule has 0 aromatic heterocycles. The first kappa shape index (κ1) is 15.8. The lowest BCUT2D eigenvalue weighted by Crippen LogP contribution is -2.52. The van der Waals surface area contributed by atoms with E-state index in [0.29, 0.717) is 25.4 Å². The second-order valence-corrected chi connectivity index (χ2v) is 5.48. The van der Waals surface area contributed by atoms with Crippen molar-refractivity contribution in [2.75, 3.05) is 19.7 Å². The van der Waals surface area contributed by atoms with E-state index in [-0.39, 0.29) is 18.6 Å². The Labute approximate surface area is 113 Å². The van der Waals surface area contributed by atoms with Gasteiger partial charge in [0.25, 0.3) is 0 Å². The third-order valence-corrected chi connectivity index (χ3v) is 3.56. The van der Waals surface area contributed by atoms with Gasteiger partial charge in [-0.05, 0) is 31.1 Å². The molecule has 110 valence electrons. The third-order valence-electron chi connectivity index (χ3n) is 3.56. The number of nitrogens with one attached hydrogen (secondary N) is 1. The van der Waals surface area contributed by atoms with Crippen LogP contribution in [0, 0.1) is 11.8 Å². The highest BCUT2D eigenvalue weighted by Gasteiger charge is 2.28. The Morgan fingerprint density at radius 1 is 1.42 bits per heavy atom. The molecule has 0 aromatic rings. The molecule has 1 saturated heterocycles. The molecule has 1 unspecified atom stereocenters. The lowest BCUT2D eigenvalue weighted by atomic mass is 9.95. The van der Waals surface area contributed by atoms with Crippen molar-refractivity contribution in [1.82, 2.24) is 10.2 Å². The molecule has 3 N–H and O–H groups in total. The number of aliphatic hydroxyl groups excluding tert-OH is 1. The molecule has 0 spiro atoms. The molecule has 0 saturated carbocycles. The summed E-state index contributed by atoms with van der Waals surface area (Å²) in [6.07, 6.45) is 2.60. The summed E-state index contributed by atoms with van der Waals surface area (Å²) < 4.78 is 0. The van der Waals surface area contributed by atoms with E-state index < -0.39 is 12.0 Å². The Bertz CT molecular complexity index is 318. The minimum absolute atomic E-state index is 0.129. The average Bonchev–Trinajstić information content (AvgIpc) is 2.35. The van der Waals surface area contributed by atoms with Gasteiger partial charge in [0, 0.05) is 19.7 Å². The summed E-state index contributed by atoms with van der Waals surface area (Å²) >= 11 is 0. The first-order chi connectivity index (χ1) is 8.95. The number of carbonyl (C=O) groups excluding carboxylic acids is 1. The maximum atomic E-state index is 12.1. The molecular formula is C13H24N2O4. The summed E-state index contributed by atoms with van der Waals surface area (Å²) in [7, 11) is 0. The second-order valence-electron chi connectivity index (χ2n) is 5.48. The van der Waals surface area contributed by atoms with Crippen LogP contribution in [-0.4, -0.2) is 52.9 Å². The van der Waals surface area contributed by atoms with Crippen LogP contribution in [0.5, 0.6) is 0 Å². The first-order valence-electron chi connectivity index (χ1n) is 6.84. The van der Waals surface area contributed by atoms with Crippen LogP contribution in [0.15, 0.2) is 0 Å². The molecule has 0 aromatic carbocycles. The van der Waals surface area contributed by atoms with Crippen LogP contribution in [0.1, 0.15) is 33.1 Å². The van der Waals surface area contributed by atoms with Crippen LogP contribution in [0.25, 0.3) is 0 Å². The van der Waals surface area contributed by atoms with Gasteiger partial charge < -0.3 is 20.4 Å². The zero-order valence-corrected chi connectivity index (χ0v) is 11.6. The highest BCUT2D eigenvalue weighted by molar-refractivity contribution is 5.82. The molecule has 19 heavy (non-hydrogen) atoms. The molecule has 0 bridgehead atoms. The van der Waals surface area contributed by atoms with Crippen LogP contribution in [-0.2, 0) is 4.79 Å². The van der Waals surface area contributed by atoms with Crippen molar-refractivity contribution in [3.05, 3.63) is 0 Å². The lowest BCUT2D eigenvalue weighted by molar-refractivity contribution is -0.140. The van der Waals surface area contributed by atoms with E-state index in [1.165, 1.54) is 0 Å². The summed E-state index contributed by atoms with van der Waals surface area (Å²) in [5.74, 6) is -0.849. The van der Waals surface area contributed by atoms with Crippen molar-refractivity contribution in [1.29, 1.82) is 0 Å². The first-order valence-corrected chi connectivity index (χ1v) is 6.84. The number of carboxylic acid groups (broad SMARTS) is 1. The van der Waals surface area contributed by atoms with Crippen molar-refractivity contribution in [3.63, 3.8) is 0 Å². The van der Waals surface area contributed by atoms with Crippen molar-refractivity contribution in [2.45, 2.75) is 39.2 Å². The Morgan fingerprint density at radius 3 is 2.63 bits per heavy atom. The zero-order chi connectivity index (χ0) is 14.4. The maximum absolute atomic E-state index is 12.1. The standard InChI is InChI=1S/C13H24N2O4/c1-9(2)11(12(17)18)14-13(19)15-6-3-4-10(8-15)5-7-16/h9-11,16H,3-8H2,1-2H3,(H,14,19)(H,17,18)/t10?,11-/m1/s1. The number of aliphatic carboxylic acids is 1. The molecule has 0 radical (unpaired) electrons. The number of amides is 2. The number of urea groups is 1. The van der Waals surface area contributed by atoms with Gasteiger partial charge in [-0.3, -0.25) is 0 Å². The van der Waals surface area contributed by atoms with Crippen LogP contribution < -0.4 is 5.32 Å². The van der Waals surface area contributed by atoms with E-state index in [0.717, 1.165) is 12.8 Å². The number of likely N-dealkylation sites (tertiary alicyclic amines) is 1. The topological polar surface area (TPSA) is 89.9 Å². The van der Waals surface area contributed by atoms with Crippen molar-refractivity contribution in [2.24, 2.45) is 11.8 Å². The molecule has 1 rings (SSSR count). The van der Waals surface area contributed by atoms with Gasteiger partial charge in [-0.15, -0.1) is 0 Å². The molecule has 1 fully saturated rings. The number of piperidine rings is 1.